The van der Waals surface area contributed by atoms with Crippen LogP contribution in [0.1, 0.15) is 24.1 Å². The number of aliphatic imine (C=N–C) groups is 1. The van der Waals surface area contributed by atoms with Crippen LogP contribution in [0.2, 0.25) is 0 Å². The number of nitrogens with zero attached hydrogens (tertiary/aromatic N) is 4. The maximum atomic E-state index is 5.52. The topological polar surface area (TPSA) is 76.4 Å². The van der Waals surface area contributed by atoms with Crippen molar-refractivity contribution >= 4 is 29.9 Å². The minimum atomic E-state index is 0. The van der Waals surface area contributed by atoms with Crippen molar-refractivity contribution in [3.05, 3.63) is 41.5 Å². The SMILES string of the molecule is CCOc1cccc(CCNC(=NC)NCc2nnc(C)n2C)c1.I. The van der Waals surface area contributed by atoms with Crippen LogP contribution in [0.15, 0.2) is 29.3 Å². The molecule has 2 aromatic rings. The summed E-state index contributed by atoms with van der Waals surface area (Å²) >= 11 is 0. The lowest BCUT2D eigenvalue weighted by molar-refractivity contribution is 0.340. The van der Waals surface area contributed by atoms with Gasteiger partial charge in [0.2, 0.25) is 0 Å². The molecule has 0 unspecified atom stereocenters. The first-order valence-corrected chi connectivity index (χ1v) is 8.15. The first-order valence-electron chi connectivity index (χ1n) is 8.15. The van der Waals surface area contributed by atoms with Gasteiger partial charge in [0.05, 0.1) is 13.2 Å². The molecule has 1 aromatic heterocycles. The maximum absolute atomic E-state index is 5.52. The Bertz CT molecular complexity index is 686. The van der Waals surface area contributed by atoms with E-state index in [1.807, 2.05) is 37.6 Å². The van der Waals surface area contributed by atoms with Crippen LogP contribution in [0, 0.1) is 6.92 Å². The first kappa shape index (κ1) is 21.2. The third-order valence-electron chi connectivity index (χ3n) is 3.74. The van der Waals surface area contributed by atoms with Crippen molar-refractivity contribution < 1.29 is 4.74 Å². The Morgan fingerprint density at radius 1 is 1.28 bits per heavy atom. The van der Waals surface area contributed by atoms with Crippen molar-refractivity contribution in [2.75, 3.05) is 20.2 Å². The molecule has 0 saturated carbocycles. The van der Waals surface area contributed by atoms with Gasteiger partial charge in [0.25, 0.3) is 0 Å². The maximum Gasteiger partial charge on any atom is 0.191 e. The summed E-state index contributed by atoms with van der Waals surface area (Å²) in [5, 5.41) is 14.7. The first-order chi connectivity index (χ1) is 11.6. The van der Waals surface area contributed by atoms with E-state index in [4.69, 9.17) is 4.74 Å². The van der Waals surface area contributed by atoms with Crippen LogP contribution in [-0.4, -0.2) is 40.9 Å². The molecule has 2 N–H and O–H groups in total. The monoisotopic (exact) mass is 458 g/mol. The number of benzene rings is 1. The molecule has 25 heavy (non-hydrogen) atoms. The zero-order valence-electron chi connectivity index (χ0n) is 15.2. The summed E-state index contributed by atoms with van der Waals surface area (Å²) in [4.78, 5) is 4.23. The molecule has 0 saturated heterocycles. The predicted molar refractivity (Wildman–Crippen MR) is 111 cm³/mol. The van der Waals surface area contributed by atoms with Gasteiger partial charge in [-0.15, -0.1) is 34.2 Å². The molecule has 0 aliphatic carbocycles. The fraction of sp³-hybridized carbons (Fsp3) is 0.471. The van der Waals surface area contributed by atoms with Gasteiger partial charge in [0.15, 0.2) is 11.8 Å². The van der Waals surface area contributed by atoms with Crippen molar-refractivity contribution in [1.82, 2.24) is 25.4 Å². The molecule has 0 fully saturated rings. The van der Waals surface area contributed by atoms with Crippen LogP contribution in [0.5, 0.6) is 5.75 Å². The Kier molecular flexibility index (Phi) is 9.25. The molecule has 0 aliphatic rings. The normalized spacial score (nSPS) is 11.0. The summed E-state index contributed by atoms with van der Waals surface area (Å²) in [6, 6.07) is 8.17. The molecule has 0 radical (unpaired) electrons. The van der Waals surface area contributed by atoms with E-state index in [9.17, 15) is 0 Å². The average Bonchev–Trinajstić information content (AvgIpc) is 2.90. The van der Waals surface area contributed by atoms with Crippen molar-refractivity contribution in [2.24, 2.45) is 12.0 Å². The van der Waals surface area contributed by atoms with Crippen LogP contribution < -0.4 is 15.4 Å². The summed E-state index contributed by atoms with van der Waals surface area (Å²) in [6.07, 6.45) is 0.894. The molecule has 8 heteroatoms. The molecule has 7 nitrogen and oxygen atoms in total. The lowest BCUT2D eigenvalue weighted by atomic mass is 10.1. The molecule has 0 amide bonds. The molecule has 0 spiro atoms. The van der Waals surface area contributed by atoms with Gasteiger partial charge < -0.3 is 19.9 Å². The minimum Gasteiger partial charge on any atom is -0.494 e. The Morgan fingerprint density at radius 3 is 2.72 bits per heavy atom. The van der Waals surface area contributed by atoms with Gasteiger partial charge in [-0.3, -0.25) is 4.99 Å². The molecule has 0 aliphatic heterocycles. The van der Waals surface area contributed by atoms with Crippen molar-refractivity contribution in [2.45, 2.75) is 26.8 Å². The number of nitrogens with one attached hydrogen (secondary N) is 2. The molecule has 1 aromatic carbocycles. The summed E-state index contributed by atoms with van der Waals surface area (Å²) in [6.45, 7) is 5.96. The third kappa shape index (κ3) is 6.52. The fourth-order valence-corrected chi connectivity index (χ4v) is 2.27. The quantitative estimate of drug-likeness (QED) is 0.378. The molecular formula is C17H27IN6O. The summed E-state index contributed by atoms with van der Waals surface area (Å²) in [5.41, 5.74) is 1.23. The number of aryl methyl sites for hydroxylation is 1. The van der Waals surface area contributed by atoms with Gasteiger partial charge in [0.1, 0.15) is 11.6 Å². The molecule has 1 heterocycles. The number of rotatable bonds is 7. The second-order valence-corrected chi connectivity index (χ2v) is 5.41. The second-order valence-electron chi connectivity index (χ2n) is 5.41. The number of aromatic nitrogens is 3. The van der Waals surface area contributed by atoms with Crippen LogP contribution in [-0.2, 0) is 20.0 Å². The second kappa shape index (κ2) is 10.9. The summed E-state index contributed by atoms with van der Waals surface area (Å²) in [7, 11) is 3.71. The van der Waals surface area contributed by atoms with E-state index in [0.29, 0.717) is 13.2 Å². The van der Waals surface area contributed by atoms with Crippen LogP contribution in [0.25, 0.3) is 0 Å². The number of ether oxygens (including phenoxy) is 1. The smallest absolute Gasteiger partial charge is 0.191 e. The van der Waals surface area contributed by atoms with E-state index in [-0.39, 0.29) is 24.0 Å². The van der Waals surface area contributed by atoms with Crippen LogP contribution in [0.3, 0.4) is 0 Å². The standard InChI is InChI=1S/C17H26N6O.HI/c1-5-24-15-8-6-7-14(11-15)9-10-19-17(18-3)20-12-16-22-21-13(2)23(16)4;/h6-8,11H,5,9-10,12H2,1-4H3,(H2,18,19,20);1H. The van der Waals surface area contributed by atoms with E-state index >= 15 is 0 Å². The van der Waals surface area contributed by atoms with Crippen molar-refractivity contribution in [3.63, 3.8) is 0 Å². The van der Waals surface area contributed by atoms with Crippen molar-refractivity contribution in [1.29, 1.82) is 0 Å². The number of hydrogen-bond donors (Lipinski definition) is 2. The van der Waals surface area contributed by atoms with E-state index < -0.39 is 0 Å². The number of hydrogen-bond acceptors (Lipinski definition) is 4. The van der Waals surface area contributed by atoms with Gasteiger partial charge in [-0.05, 0) is 38.0 Å². The highest BCUT2D eigenvalue weighted by Gasteiger charge is 2.05. The van der Waals surface area contributed by atoms with Crippen LogP contribution >= 0.6 is 24.0 Å². The van der Waals surface area contributed by atoms with E-state index in [0.717, 1.165) is 36.3 Å². The predicted octanol–water partition coefficient (Wildman–Crippen LogP) is 2.05. The van der Waals surface area contributed by atoms with Gasteiger partial charge in [-0.25, -0.2) is 0 Å². The zero-order chi connectivity index (χ0) is 17.4. The van der Waals surface area contributed by atoms with Crippen molar-refractivity contribution in [3.8, 4) is 5.75 Å². The van der Waals surface area contributed by atoms with Gasteiger partial charge >= 0.3 is 0 Å². The third-order valence-corrected chi connectivity index (χ3v) is 3.74. The Balaban J connectivity index is 0.00000312. The molecule has 0 bridgehead atoms. The summed E-state index contributed by atoms with van der Waals surface area (Å²) < 4.78 is 7.48. The van der Waals surface area contributed by atoms with E-state index in [2.05, 4.69) is 38.0 Å². The summed E-state index contributed by atoms with van der Waals surface area (Å²) in [5.74, 6) is 3.43. The minimum absolute atomic E-state index is 0. The Labute approximate surface area is 166 Å². The average molecular weight is 458 g/mol. The Morgan fingerprint density at radius 2 is 2.08 bits per heavy atom. The van der Waals surface area contributed by atoms with E-state index in [1.54, 1.807) is 7.05 Å². The lowest BCUT2D eigenvalue weighted by Gasteiger charge is -2.12. The zero-order valence-corrected chi connectivity index (χ0v) is 17.6. The molecule has 0 atom stereocenters. The highest BCUT2D eigenvalue weighted by Crippen LogP contribution is 2.13. The van der Waals surface area contributed by atoms with Gasteiger partial charge in [-0.2, -0.15) is 0 Å². The Hall–Kier alpha value is -1.84. The number of guanidine groups is 1. The molecule has 2 rings (SSSR count). The van der Waals surface area contributed by atoms with Crippen LogP contribution in [0.4, 0.5) is 0 Å². The molecule has 138 valence electrons. The molecular weight excluding hydrogens is 431 g/mol. The lowest BCUT2D eigenvalue weighted by Crippen LogP contribution is -2.38. The van der Waals surface area contributed by atoms with E-state index in [1.165, 1.54) is 5.56 Å². The number of halogens is 1. The highest BCUT2D eigenvalue weighted by molar-refractivity contribution is 14.0. The van der Waals surface area contributed by atoms with Gasteiger partial charge in [0, 0.05) is 20.6 Å². The largest absolute Gasteiger partial charge is 0.494 e. The van der Waals surface area contributed by atoms with Gasteiger partial charge in [-0.1, -0.05) is 12.1 Å². The highest BCUT2D eigenvalue weighted by atomic mass is 127. The fourth-order valence-electron chi connectivity index (χ4n) is 2.27.